The second-order valence-electron chi connectivity index (χ2n) is 6.27. The summed E-state index contributed by atoms with van der Waals surface area (Å²) in [6.45, 7) is 1.72. The normalized spacial score (nSPS) is 18.7. The number of carbonyl (C=O) groups excluding carboxylic acids is 2. The Hall–Kier alpha value is -3.09. The van der Waals surface area contributed by atoms with Crippen molar-refractivity contribution in [2.45, 2.75) is 13.0 Å². The number of nitrogens with one attached hydrogen (secondary N) is 1. The molecule has 2 aromatic rings. The van der Waals surface area contributed by atoms with Gasteiger partial charge in [-0.05, 0) is 24.3 Å². The predicted octanol–water partition coefficient (Wildman–Crippen LogP) is 1.52. The Kier molecular flexibility index (Phi) is 4.43. The van der Waals surface area contributed by atoms with Gasteiger partial charge in [0.05, 0.1) is 18.2 Å². The first kappa shape index (κ1) is 16.4. The molecule has 0 aliphatic carbocycles. The monoisotopic (exact) mass is 353 g/mol. The Bertz CT molecular complexity index is 825. The zero-order valence-corrected chi connectivity index (χ0v) is 14.2. The second-order valence-corrected chi connectivity index (χ2v) is 6.27. The third-order valence-electron chi connectivity index (χ3n) is 4.50. The van der Waals surface area contributed by atoms with E-state index < -0.39 is 0 Å². The molecule has 1 aromatic heterocycles. The molecule has 2 aliphatic rings. The van der Waals surface area contributed by atoms with Crippen molar-refractivity contribution in [2.24, 2.45) is 5.92 Å². The molecule has 4 rings (SSSR count). The minimum Gasteiger partial charge on any atom is -0.486 e. The van der Waals surface area contributed by atoms with Gasteiger partial charge in [-0.15, -0.1) is 0 Å². The quantitative estimate of drug-likeness (QED) is 0.901. The molecule has 1 atom stereocenters. The first-order valence-corrected chi connectivity index (χ1v) is 8.58. The Balaban J connectivity index is 1.41. The number of carbonyl (C=O) groups is 2. The van der Waals surface area contributed by atoms with Crippen LogP contribution in [0, 0.1) is 5.92 Å². The van der Waals surface area contributed by atoms with Crippen LogP contribution in [0.25, 0.3) is 0 Å². The van der Waals surface area contributed by atoms with Gasteiger partial charge in [0.25, 0.3) is 0 Å². The van der Waals surface area contributed by atoms with E-state index in [-0.39, 0.29) is 24.2 Å². The second kappa shape index (κ2) is 7.03. The Morgan fingerprint density at radius 1 is 1.19 bits per heavy atom. The summed E-state index contributed by atoms with van der Waals surface area (Å²) in [6.07, 6.45) is 1.88. The fourth-order valence-corrected chi connectivity index (χ4v) is 3.16. The van der Waals surface area contributed by atoms with Crippen LogP contribution in [0.5, 0.6) is 11.5 Å². The molecule has 0 spiro atoms. The fourth-order valence-electron chi connectivity index (χ4n) is 3.16. The molecule has 134 valence electrons. The standard InChI is InChI=1S/C19H19N3O4/c23-18-9-13(19(24)21-11-14-3-1-2-6-20-14)12-22(18)15-4-5-16-17(10-15)26-8-7-25-16/h1-6,10,13H,7-9,11-12H2,(H,21,24). The van der Waals surface area contributed by atoms with Gasteiger partial charge < -0.3 is 19.7 Å². The number of benzene rings is 1. The zero-order chi connectivity index (χ0) is 17.9. The number of fused-ring (bicyclic) bond motifs is 1. The van der Waals surface area contributed by atoms with E-state index >= 15 is 0 Å². The molecule has 0 bridgehead atoms. The lowest BCUT2D eigenvalue weighted by Crippen LogP contribution is -2.32. The third kappa shape index (κ3) is 3.33. The molecule has 1 fully saturated rings. The number of amides is 2. The largest absolute Gasteiger partial charge is 0.486 e. The summed E-state index contributed by atoms with van der Waals surface area (Å²) in [4.78, 5) is 30.6. The topological polar surface area (TPSA) is 80.8 Å². The summed E-state index contributed by atoms with van der Waals surface area (Å²) in [6, 6.07) is 11.0. The summed E-state index contributed by atoms with van der Waals surface area (Å²) in [5.74, 6) is 0.726. The Labute approximate surface area is 150 Å². The van der Waals surface area contributed by atoms with Gasteiger partial charge in [-0.2, -0.15) is 0 Å². The van der Waals surface area contributed by atoms with Crippen molar-refractivity contribution in [3.8, 4) is 11.5 Å². The maximum atomic E-state index is 12.4. The molecular weight excluding hydrogens is 334 g/mol. The fraction of sp³-hybridized carbons (Fsp3) is 0.316. The minimum atomic E-state index is -0.376. The molecule has 0 saturated carbocycles. The zero-order valence-electron chi connectivity index (χ0n) is 14.2. The Morgan fingerprint density at radius 3 is 2.85 bits per heavy atom. The molecule has 1 saturated heterocycles. The van der Waals surface area contributed by atoms with Gasteiger partial charge in [-0.1, -0.05) is 6.07 Å². The summed E-state index contributed by atoms with van der Waals surface area (Å²) >= 11 is 0. The molecule has 7 heteroatoms. The highest BCUT2D eigenvalue weighted by Crippen LogP contribution is 2.35. The molecule has 3 heterocycles. The van der Waals surface area contributed by atoms with Crippen molar-refractivity contribution in [1.82, 2.24) is 10.3 Å². The van der Waals surface area contributed by atoms with Gasteiger partial charge in [0.15, 0.2) is 11.5 Å². The van der Waals surface area contributed by atoms with Crippen LogP contribution in [0.2, 0.25) is 0 Å². The van der Waals surface area contributed by atoms with Crippen LogP contribution in [0.3, 0.4) is 0 Å². The number of hydrogen-bond donors (Lipinski definition) is 1. The van der Waals surface area contributed by atoms with Gasteiger partial charge in [0, 0.05) is 30.9 Å². The number of rotatable bonds is 4. The van der Waals surface area contributed by atoms with Crippen LogP contribution >= 0.6 is 0 Å². The van der Waals surface area contributed by atoms with Crippen molar-refractivity contribution < 1.29 is 19.1 Å². The predicted molar refractivity (Wildman–Crippen MR) is 94.0 cm³/mol. The first-order chi connectivity index (χ1) is 12.7. The highest BCUT2D eigenvalue weighted by molar-refractivity contribution is 6.00. The molecule has 2 aliphatic heterocycles. The van der Waals surface area contributed by atoms with Crippen molar-refractivity contribution in [3.05, 3.63) is 48.3 Å². The van der Waals surface area contributed by atoms with E-state index in [0.29, 0.717) is 37.8 Å². The molecule has 7 nitrogen and oxygen atoms in total. The van der Waals surface area contributed by atoms with E-state index in [4.69, 9.17) is 9.47 Å². The molecule has 1 N–H and O–H groups in total. The van der Waals surface area contributed by atoms with E-state index in [0.717, 1.165) is 11.4 Å². The SMILES string of the molecule is O=C(NCc1ccccn1)C1CC(=O)N(c2ccc3c(c2)OCCO3)C1. The Morgan fingerprint density at radius 2 is 2.04 bits per heavy atom. The summed E-state index contributed by atoms with van der Waals surface area (Å²) in [5, 5.41) is 2.86. The highest BCUT2D eigenvalue weighted by Gasteiger charge is 2.35. The molecule has 0 radical (unpaired) electrons. The van der Waals surface area contributed by atoms with Crippen LogP contribution < -0.4 is 19.7 Å². The summed E-state index contributed by atoms with van der Waals surface area (Å²) in [7, 11) is 0. The number of anilines is 1. The van der Waals surface area contributed by atoms with Gasteiger partial charge >= 0.3 is 0 Å². The third-order valence-corrected chi connectivity index (χ3v) is 4.50. The van der Waals surface area contributed by atoms with Crippen LogP contribution in [0.4, 0.5) is 5.69 Å². The molecule has 1 aromatic carbocycles. The maximum Gasteiger partial charge on any atom is 0.227 e. The van der Waals surface area contributed by atoms with E-state index in [2.05, 4.69) is 10.3 Å². The number of nitrogens with zero attached hydrogens (tertiary/aromatic N) is 2. The van der Waals surface area contributed by atoms with Gasteiger partial charge in [0.2, 0.25) is 11.8 Å². The van der Waals surface area contributed by atoms with Crippen molar-refractivity contribution in [3.63, 3.8) is 0 Å². The average molecular weight is 353 g/mol. The van der Waals surface area contributed by atoms with Gasteiger partial charge in [-0.25, -0.2) is 0 Å². The summed E-state index contributed by atoms with van der Waals surface area (Å²) in [5.41, 5.74) is 1.51. The van der Waals surface area contributed by atoms with Crippen LogP contribution in [0.1, 0.15) is 12.1 Å². The molecule has 1 unspecified atom stereocenters. The summed E-state index contributed by atoms with van der Waals surface area (Å²) < 4.78 is 11.1. The lowest BCUT2D eigenvalue weighted by atomic mass is 10.1. The van der Waals surface area contributed by atoms with Crippen molar-refractivity contribution >= 4 is 17.5 Å². The number of pyridine rings is 1. The molecule has 26 heavy (non-hydrogen) atoms. The molecule has 2 amide bonds. The van der Waals surface area contributed by atoms with E-state index in [1.165, 1.54) is 0 Å². The lowest BCUT2D eigenvalue weighted by molar-refractivity contribution is -0.126. The molecular formula is C19H19N3O4. The van der Waals surface area contributed by atoms with Crippen LogP contribution in [-0.2, 0) is 16.1 Å². The van der Waals surface area contributed by atoms with Crippen LogP contribution in [-0.4, -0.2) is 36.6 Å². The smallest absolute Gasteiger partial charge is 0.227 e. The number of hydrogen-bond acceptors (Lipinski definition) is 5. The van der Waals surface area contributed by atoms with E-state index in [9.17, 15) is 9.59 Å². The number of ether oxygens (including phenoxy) is 2. The lowest BCUT2D eigenvalue weighted by Gasteiger charge is -2.22. The van der Waals surface area contributed by atoms with Crippen molar-refractivity contribution in [1.29, 1.82) is 0 Å². The van der Waals surface area contributed by atoms with Gasteiger partial charge in [0.1, 0.15) is 13.2 Å². The van der Waals surface area contributed by atoms with E-state index in [1.54, 1.807) is 23.2 Å². The first-order valence-electron chi connectivity index (χ1n) is 8.58. The number of aromatic nitrogens is 1. The average Bonchev–Trinajstić information content (AvgIpc) is 3.08. The van der Waals surface area contributed by atoms with Gasteiger partial charge in [-0.3, -0.25) is 14.6 Å². The van der Waals surface area contributed by atoms with E-state index in [1.807, 2.05) is 24.3 Å². The van der Waals surface area contributed by atoms with Crippen LogP contribution in [0.15, 0.2) is 42.6 Å². The minimum absolute atomic E-state index is 0.0698. The van der Waals surface area contributed by atoms with Crippen molar-refractivity contribution in [2.75, 3.05) is 24.7 Å². The maximum absolute atomic E-state index is 12.4. The highest BCUT2D eigenvalue weighted by atomic mass is 16.6.